The Bertz CT molecular complexity index is 658. The molecule has 0 aromatic heterocycles. The molecule has 1 aliphatic rings. The molecule has 0 spiro atoms. The molecule has 164 valence electrons. The highest BCUT2D eigenvalue weighted by Gasteiger charge is 2.32. The fraction of sp³-hybridized carbons (Fsp3) is 0.650. The molecule has 29 heavy (non-hydrogen) atoms. The quantitative estimate of drug-likeness (QED) is 0.385. The van der Waals surface area contributed by atoms with E-state index in [1.165, 1.54) is 11.0 Å². The highest BCUT2D eigenvalue weighted by Crippen LogP contribution is 2.24. The highest BCUT2D eigenvalue weighted by molar-refractivity contribution is 5.79. The number of alkyl halides is 3. The lowest BCUT2D eigenvalue weighted by molar-refractivity contribution is -0.148. The Morgan fingerprint density at radius 3 is 2.55 bits per heavy atom. The predicted octanol–water partition coefficient (Wildman–Crippen LogP) is 3.55. The van der Waals surface area contributed by atoms with Gasteiger partial charge in [-0.25, -0.2) is 4.39 Å². The number of hydrogen-bond acceptors (Lipinski definition) is 3. The fourth-order valence-electron chi connectivity index (χ4n) is 3.41. The summed E-state index contributed by atoms with van der Waals surface area (Å²) in [5, 5.41) is 6.34. The maximum absolute atomic E-state index is 13.9. The van der Waals surface area contributed by atoms with E-state index in [9.17, 15) is 17.6 Å². The number of halogens is 4. The van der Waals surface area contributed by atoms with E-state index in [1.807, 2.05) is 0 Å². The van der Waals surface area contributed by atoms with Crippen molar-refractivity contribution in [1.82, 2.24) is 15.5 Å². The largest absolute Gasteiger partial charge is 0.491 e. The summed E-state index contributed by atoms with van der Waals surface area (Å²) in [5.74, 6) is 0.852. The van der Waals surface area contributed by atoms with Gasteiger partial charge in [-0.15, -0.1) is 0 Å². The monoisotopic (exact) mass is 418 g/mol. The van der Waals surface area contributed by atoms with Crippen molar-refractivity contribution >= 4 is 5.96 Å². The first kappa shape index (κ1) is 23.3. The molecule has 0 atom stereocenters. The van der Waals surface area contributed by atoms with Gasteiger partial charge in [-0.05, 0) is 62.9 Å². The number of rotatable bonds is 8. The first-order valence-electron chi connectivity index (χ1n) is 9.95. The van der Waals surface area contributed by atoms with E-state index in [0.29, 0.717) is 44.7 Å². The van der Waals surface area contributed by atoms with Gasteiger partial charge in [-0.1, -0.05) is 6.07 Å². The van der Waals surface area contributed by atoms with Crippen molar-refractivity contribution < 1.29 is 22.3 Å². The number of hydrogen-bond donors (Lipinski definition) is 2. The van der Waals surface area contributed by atoms with Crippen LogP contribution < -0.4 is 15.4 Å². The first-order chi connectivity index (χ1) is 13.8. The smallest absolute Gasteiger partial charge is 0.401 e. The topological polar surface area (TPSA) is 48.9 Å². The molecular weight excluding hydrogens is 388 g/mol. The fourth-order valence-corrected chi connectivity index (χ4v) is 3.41. The molecule has 2 rings (SSSR count). The van der Waals surface area contributed by atoms with Gasteiger partial charge in [0.2, 0.25) is 0 Å². The number of benzene rings is 1. The zero-order valence-corrected chi connectivity index (χ0v) is 17.0. The minimum Gasteiger partial charge on any atom is -0.491 e. The van der Waals surface area contributed by atoms with Crippen LogP contribution in [0.1, 0.15) is 31.7 Å². The van der Waals surface area contributed by atoms with Gasteiger partial charge >= 0.3 is 6.18 Å². The minimum absolute atomic E-state index is 0.236. The van der Waals surface area contributed by atoms with Crippen LogP contribution in [0.2, 0.25) is 0 Å². The molecule has 1 saturated heterocycles. The van der Waals surface area contributed by atoms with Gasteiger partial charge in [0, 0.05) is 20.1 Å². The molecule has 1 heterocycles. The molecule has 1 aromatic carbocycles. The van der Waals surface area contributed by atoms with Crippen molar-refractivity contribution in [2.45, 2.75) is 38.9 Å². The summed E-state index contributed by atoms with van der Waals surface area (Å²) in [6.45, 7) is 3.46. The van der Waals surface area contributed by atoms with Crippen LogP contribution in [0, 0.1) is 11.7 Å². The Hall–Kier alpha value is -2.03. The Balaban J connectivity index is 1.68. The van der Waals surface area contributed by atoms with Gasteiger partial charge in [0.15, 0.2) is 17.5 Å². The first-order valence-corrected chi connectivity index (χ1v) is 9.95. The molecule has 0 aliphatic carbocycles. The zero-order chi connectivity index (χ0) is 21.3. The molecule has 0 amide bonds. The Morgan fingerprint density at radius 1 is 1.24 bits per heavy atom. The van der Waals surface area contributed by atoms with Crippen molar-refractivity contribution in [3.05, 3.63) is 29.6 Å². The molecule has 0 saturated carbocycles. The average molecular weight is 418 g/mol. The lowest BCUT2D eigenvalue weighted by Crippen LogP contribution is -2.41. The lowest BCUT2D eigenvalue weighted by atomic mass is 9.93. The molecule has 0 radical (unpaired) electrons. The second kappa shape index (κ2) is 11.2. The SMILES string of the molecule is CCOc1ccc(CNC(=NC)NCCC2CCN(CC(F)(F)F)CC2)cc1F. The van der Waals surface area contributed by atoms with Gasteiger partial charge in [0.1, 0.15) is 0 Å². The zero-order valence-electron chi connectivity index (χ0n) is 17.0. The predicted molar refractivity (Wildman–Crippen MR) is 106 cm³/mol. The standard InChI is InChI=1S/C20H30F4N4O/c1-3-29-18-5-4-16(12-17(18)21)13-27-19(25-2)26-9-6-15-7-10-28(11-8-15)14-20(22,23)24/h4-5,12,15H,3,6-11,13-14H2,1-2H3,(H2,25,26,27). The van der Waals surface area contributed by atoms with Crippen molar-refractivity contribution in [1.29, 1.82) is 0 Å². The van der Waals surface area contributed by atoms with E-state index in [2.05, 4.69) is 15.6 Å². The third kappa shape index (κ3) is 8.47. The van der Waals surface area contributed by atoms with Crippen LogP contribution in [0.15, 0.2) is 23.2 Å². The third-order valence-corrected chi connectivity index (χ3v) is 4.93. The number of likely N-dealkylation sites (tertiary alicyclic amines) is 1. The summed E-state index contributed by atoms with van der Waals surface area (Å²) < 4.78 is 56.4. The molecule has 1 fully saturated rings. The molecule has 0 unspecified atom stereocenters. The summed E-state index contributed by atoms with van der Waals surface area (Å²) >= 11 is 0. The molecule has 1 aromatic rings. The van der Waals surface area contributed by atoms with Crippen LogP contribution in [0.3, 0.4) is 0 Å². The van der Waals surface area contributed by atoms with Crippen molar-refractivity contribution in [3.63, 3.8) is 0 Å². The Labute approximate surface area is 169 Å². The molecule has 1 aliphatic heterocycles. The van der Waals surface area contributed by atoms with Crippen molar-refractivity contribution in [2.75, 3.05) is 39.8 Å². The summed E-state index contributed by atoms with van der Waals surface area (Å²) in [4.78, 5) is 5.62. The summed E-state index contributed by atoms with van der Waals surface area (Å²) in [5.41, 5.74) is 0.769. The maximum Gasteiger partial charge on any atom is 0.401 e. The highest BCUT2D eigenvalue weighted by atomic mass is 19.4. The van der Waals surface area contributed by atoms with Gasteiger partial charge in [-0.2, -0.15) is 13.2 Å². The third-order valence-electron chi connectivity index (χ3n) is 4.93. The number of nitrogens with one attached hydrogen (secondary N) is 2. The molecule has 0 bridgehead atoms. The maximum atomic E-state index is 13.9. The average Bonchev–Trinajstić information content (AvgIpc) is 2.66. The summed E-state index contributed by atoms with van der Waals surface area (Å²) in [7, 11) is 1.66. The molecule has 5 nitrogen and oxygen atoms in total. The number of aliphatic imine (C=N–C) groups is 1. The van der Waals surface area contributed by atoms with E-state index < -0.39 is 18.5 Å². The second-order valence-electron chi connectivity index (χ2n) is 7.17. The van der Waals surface area contributed by atoms with Crippen LogP contribution >= 0.6 is 0 Å². The van der Waals surface area contributed by atoms with Gasteiger partial charge in [0.05, 0.1) is 13.2 Å². The van der Waals surface area contributed by atoms with E-state index in [4.69, 9.17) is 4.74 Å². The number of ether oxygens (including phenoxy) is 1. The van der Waals surface area contributed by atoms with Crippen LogP contribution in [0.5, 0.6) is 5.75 Å². The number of piperidine rings is 1. The second-order valence-corrected chi connectivity index (χ2v) is 7.17. The van der Waals surface area contributed by atoms with Crippen molar-refractivity contribution in [2.24, 2.45) is 10.9 Å². The molecular formula is C20H30F4N4O. The van der Waals surface area contributed by atoms with Gasteiger partial charge < -0.3 is 15.4 Å². The van der Waals surface area contributed by atoms with Crippen molar-refractivity contribution in [3.8, 4) is 5.75 Å². The number of guanidine groups is 1. The van der Waals surface area contributed by atoms with Crippen LogP contribution in [0.4, 0.5) is 17.6 Å². The summed E-state index contributed by atoms with van der Waals surface area (Å²) in [6, 6.07) is 4.83. The van der Waals surface area contributed by atoms with Crippen LogP contribution in [-0.4, -0.2) is 56.9 Å². The minimum atomic E-state index is -4.13. The number of nitrogens with zero attached hydrogens (tertiary/aromatic N) is 2. The molecule has 9 heteroatoms. The summed E-state index contributed by atoms with van der Waals surface area (Å²) in [6.07, 6.45) is -1.71. The van der Waals surface area contributed by atoms with Crippen LogP contribution in [-0.2, 0) is 6.54 Å². The van der Waals surface area contributed by atoms with E-state index in [0.717, 1.165) is 24.8 Å². The van der Waals surface area contributed by atoms with Crippen LogP contribution in [0.25, 0.3) is 0 Å². The Morgan fingerprint density at radius 2 is 1.97 bits per heavy atom. The molecule has 2 N–H and O–H groups in total. The Kier molecular flexibility index (Phi) is 9.00. The van der Waals surface area contributed by atoms with E-state index in [1.54, 1.807) is 26.1 Å². The normalized spacial score (nSPS) is 16.7. The van der Waals surface area contributed by atoms with Gasteiger partial charge in [-0.3, -0.25) is 9.89 Å². The van der Waals surface area contributed by atoms with E-state index >= 15 is 0 Å². The van der Waals surface area contributed by atoms with Gasteiger partial charge in [0.25, 0.3) is 0 Å². The lowest BCUT2D eigenvalue weighted by Gasteiger charge is -2.32. The van der Waals surface area contributed by atoms with E-state index in [-0.39, 0.29) is 5.75 Å².